The molecule has 0 aromatic rings. The van der Waals surface area contributed by atoms with Crippen molar-refractivity contribution in [3.8, 4) is 0 Å². The minimum atomic E-state index is 0.236. The molecule has 0 amide bonds. The molecule has 11 heavy (non-hydrogen) atoms. The molecule has 0 N–H and O–H groups in total. The van der Waals surface area contributed by atoms with E-state index in [4.69, 9.17) is 4.74 Å². The third-order valence-electron chi connectivity index (χ3n) is 2.05. The van der Waals surface area contributed by atoms with Crippen molar-refractivity contribution in [3.05, 3.63) is 0 Å². The second-order valence-electron chi connectivity index (χ2n) is 3.46. The average Bonchev–Trinajstić information content (AvgIpc) is 2.39. The van der Waals surface area contributed by atoms with Gasteiger partial charge in [0.2, 0.25) is 0 Å². The van der Waals surface area contributed by atoms with Gasteiger partial charge in [0.1, 0.15) is 0 Å². The molecule has 1 heterocycles. The van der Waals surface area contributed by atoms with Crippen molar-refractivity contribution in [1.29, 1.82) is 0 Å². The smallest absolute Gasteiger partial charge is 0.0652 e. The molecule has 1 nitrogen and oxygen atoms in total. The lowest BCUT2D eigenvalue weighted by molar-refractivity contribution is 0.0173. The highest BCUT2D eigenvalue weighted by atomic mass is 16.5. The Labute approximate surface area is 71.1 Å². The fourth-order valence-electron chi connectivity index (χ4n) is 1.12. The lowest BCUT2D eigenvalue weighted by Gasteiger charge is -2.19. The Morgan fingerprint density at radius 2 is 1.82 bits per heavy atom. The van der Waals surface area contributed by atoms with Crippen molar-refractivity contribution >= 4 is 0 Å². The normalized spacial score (nSPS) is 29.5. The van der Waals surface area contributed by atoms with Crippen LogP contribution < -0.4 is 0 Å². The van der Waals surface area contributed by atoms with Crippen molar-refractivity contribution < 1.29 is 4.74 Å². The topological polar surface area (TPSA) is 9.23 Å². The molecule has 1 aliphatic heterocycles. The van der Waals surface area contributed by atoms with E-state index in [0.29, 0.717) is 0 Å². The van der Waals surface area contributed by atoms with Gasteiger partial charge in [-0.05, 0) is 26.2 Å². The van der Waals surface area contributed by atoms with E-state index in [9.17, 15) is 0 Å². The summed E-state index contributed by atoms with van der Waals surface area (Å²) < 4.78 is 5.49. The van der Waals surface area contributed by atoms with E-state index >= 15 is 0 Å². The summed E-state index contributed by atoms with van der Waals surface area (Å²) in [5.74, 6) is 0. The zero-order chi connectivity index (χ0) is 8.74. The lowest BCUT2D eigenvalue weighted by atomic mass is 10.0. The predicted octanol–water partition coefficient (Wildman–Crippen LogP) is 3.38. The maximum absolute atomic E-state index is 5.49. The second-order valence-corrected chi connectivity index (χ2v) is 3.46. The van der Waals surface area contributed by atoms with Gasteiger partial charge in [0.05, 0.1) is 5.60 Å². The Morgan fingerprint density at radius 1 is 1.27 bits per heavy atom. The highest BCUT2D eigenvalue weighted by Gasteiger charge is 2.26. The Morgan fingerprint density at radius 3 is 2.00 bits per heavy atom. The monoisotopic (exact) mass is 158 g/mol. The second kappa shape index (κ2) is 5.59. The van der Waals surface area contributed by atoms with Crippen LogP contribution in [0.25, 0.3) is 0 Å². The van der Waals surface area contributed by atoms with Gasteiger partial charge in [-0.3, -0.25) is 0 Å². The summed E-state index contributed by atoms with van der Waals surface area (Å²) in [6, 6.07) is 0. The number of hydrogen-bond donors (Lipinski definition) is 0. The van der Waals surface area contributed by atoms with Crippen LogP contribution in [0.1, 0.15) is 53.4 Å². The standard InChI is InChI=1S/C7H14O.C3H8/c1-3-7(2)5-4-6-8-7;1-3-2/h3-6H2,1-2H3;3H2,1-2H3. The van der Waals surface area contributed by atoms with Gasteiger partial charge >= 0.3 is 0 Å². The Kier molecular flexibility index (Phi) is 5.57. The van der Waals surface area contributed by atoms with E-state index in [1.54, 1.807) is 0 Å². The van der Waals surface area contributed by atoms with E-state index in [0.717, 1.165) is 13.0 Å². The number of ether oxygens (including phenoxy) is 1. The summed E-state index contributed by atoms with van der Waals surface area (Å²) in [4.78, 5) is 0. The van der Waals surface area contributed by atoms with Crippen LogP contribution >= 0.6 is 0 Å². The fraction of sp³-hybridized carbons (Fsp3) is 1.00. The third-order valence-corrected chi connectivity index (χ3v) is 2.05. The quantitative estimate of drug-likeness (QED) is 0.568. The van der Waals surface area contributed by atoms with E-state index in [1.807, 2.05) is 0 Å². The van der Waals surface area contributed by atoms with Crippen LogP contribution in [-0.4, -0.2) is 12.2 Å². The molecular formula is C10H22O. The maximum Gasteiger partial charge on any atom is 0.0652 e. The minimum Gasteiger partial charge on any atom is -0.375 e. The SMILES string of the molecule is CCC.CCC1(C)CCCO1. The molecule has 0 bridgehead atoms. The minimum absolute atomic E-state index is 0.236. The van der Waals surface area contributed by atoms with Crippen molar-refractivity contribution in [3.63, 3.8) is 0 Å². The number of rotatable bonds is 1. The van der Waals surface area contributed by atoms with Gasteiger partial charge in [-0.15, -0.1) is 0 Å². The van der Waals surface area contributed by atoms with Gasteiger partial charge in [-0.2, -0.15) is 0 Å². The summed E-state index contributed by atoms with van der Waals surface area (Å²) in [5, 5.41) is 0. The molecule has 0 saturated carbocycles. The van der Waals surface area contributed by atoms with Crippen LogP contribution in [0.15, 0.2) is 0 Å². The summed E-state index contributed by atoms with van der Waals surface area (Å²) in [7, 11) is 0. The van der Waals surface area contributed by atoms with Crippen molar-refractivity contribution in [2.75, 3.05) is 6.61 Å². The molecule has 1 saturated heterocycles. The highest BCUT2D eigenvalue weighted by molar-refractivity contribution is 4.77. The molecule has 0 aromatic carbocycles. The van der Waals surface area contributed by atoms with Crippen molar-refractivity contribution in [1.82, 2.24) is 0 Å². The highest BCUT2D eigenvalue weighted by Crippen LogP contribution is 2.27. The summed E-state index contributed by atoms with van der Waals surface area (Å²) in [6.07, 6.45) is 4.92. The van der Waals surface area contributed by atoms with Gasteiger partial charge in [-0.1, -0.05) is 27.2 Å². The van der Waals surface area contributed by atoms with Gasteiger partial charge in [0, 0.05) is 6.61 Å². The van der Waals surface area contributed by atoms with E-state index in [1.165, 1.54) is 19.3 Å². The molecule has 1 unspecified atom stereocenters. The molecule has 1 fully saturated rings. The summed E-state index contributed by atoms with van der Waals surface area (Å²) in [5.41, 5.74) is 0.236. The van der Waals surface area contributed by atoms with E-state index in [-0.39, 0.29) is 5.60 Å². The largest absolute Gasteiger partial charge is 0.375 e. The van der Waals surface area contributed by atoms with Crippen molar-refractivity contribution in [2.45, 2.75) is 59.0 Å². The number of hydrogen-bond acceptors (Lipinski definition) is 1. The van der Waals surface area contributed by atoms with Crippen LogP contribution in [0, 0.1) is 0 Å². The fourth-order valence-corrected chi connectivity index (χ4v) is 1.12. The van der Waals surface area contributed by atoms with Crippen LogP contribution in [0.2, 0.25) is 0 Å². The zero-order valence-corrected chi connectivity index (χ0v) is 8.44. The van der Waals surface area contributed by atoms with Crippen molar-refractivity contribution in [2.24, 2.45) is 0 Å². The van der Waals surface area contributed by atoms with Gasteiger partial charge < -0.3 is 4.74 Å². The lowest BCUT2D eigenvalue weighted by Crippen LogP contribution is -2.20. The molecule has 68 valence electrons. The van der Waals surface area contributed by atoms with E-state index in [2.05, 4.69) is 27.7 Å². The van der Waals surface area contributed by atoms with E-state index < -0.39 is 0 Å². The summed E-state index contributed by atoms with van der Waals surface area (Å²) >= 11 is 0. The molecular weight excluding hydrogens is 136 g/mol. The Balaban J connectivity index is 0.000000292. The first kappa shape index (κ1) is 11.0. The molecule has 0 aliphatic carbocycles. The average molecular weight is 158 g/mol. The zero-order valence-electron chi connectivity index (χ0n) is 8.44. The molecule has 0 aromatic heterocycles. The molecule has 0 spiro atoms. The molecule has 1 heteroatoms. The summed E-state index contributed by atoms with van der Waals surface area (Å²) in [6.45, 7) is 9.61. The van der Waals surface area contributed by atoms with Gasteiger partial charge in [-0.25, -0.2) is 0 Å². The first-order valence-electron chi connectivity index (χ1n) is 4.82. The molecule has 1 rings (SSSR count). The molecule has 1 atom stereocenters. The van der Waals surface area contributed by atoms with Gasteiger partial charge in [0.15, 0.2) is 0 Å². The first-order chi connectivity index (χ1) is 5.18. The predicted molar refractivity (Wildman–Crippen MR) is 49.8 cm³/mol. The maximum atomic E-state index is 5.49. The first-order valence-corrected chi connectivity index (χ1v) is 4.82. The van der Waals surface area contributed by atoms with Crippen LogP contribution in [0.4, 0.5) is 0 Å². The van der Waals surface area contributed by atoms with Crippen LogP contribution in [0.5, 0.6) is 0 Å². The molecule has 1 aliphatic rings. The third kappa shape index (κ3) is 4.41. The van der Waals surface area contributed by atoms with Gasteiger partial charge in [0.25, 0.3) is 0 Å². The van der Waals surface area contributed by atoms with Crippen LogP contribution in [0.3, 0.4) is 0 Å². The van der Waals surface area contributed by atoms with Crippen LogP contribution in [-0.2, 0) is 4.74 Å². The molecule has 0 radical (unpaired) electrons. The Bertz CT molecular complexity index is 82.9. The Hall–Kier alpha value is -0.0400.